The quantitative estimate of drug-likeness (QED) is 0.687. The Balaban J connectivity index is 1.59. The first kappa shape index (κ1) is 17.4. The van der Waals surface area contributed by atoms with Crippen LogP contribution in [0.3, 0.4) is 0 Å². The van der Waals surface area contributed by atoms with E-state index in [-0.39, 0.29) is 12.0 Å². The number of morpholine rings is 1. The molecule has 1 saturated heterocycles. The van der Waals surface area contributed by atoms with Gasteiger partial charge in [-0.05, 0) is 11.6 Å². The summed E-state index contributed by atoms with van der Waals surface area (Å²) in [5.74, 6) is 1.52. The summed E-state index contributed by atoms with van der Waals surface area (Å²) in [4.78, 5) is 11.0. The minimum Gasteiger partial charge on any atom is -0.379 e. The smallest absolute Gasteiger partial charge is 0.224 e. The van der Waals surface area contributed by atoms with Crippen molar-refractivity contribution in [2.75, 3.05) is 43.9 Å². The van der Waals surface area contributed by atoms with Crippen molar-refractivity contribution >= 4 is 11.8 Å². The largest absolute Gasteiger partial charge is 0.379 e. The maximum Gasteiger partial charge on any atom is 0.224 e. The van der Waals surface area contributed by atoms with Gasteiger partial charge in [-0.15, -0.1) is 0 Å². The number of aromatic nitrogens is 4. The Kier molecular flexibility index (Phi) is 5.27. The Bertz CT molecular complexity index is 848. The lowest BCUT2D eigenvalue weighted by Crippen LogP contribution is -2.40. The van der Waals surface area contributed by atoms with Gasteiger partial charge in [0.25, 0.3) is 0 Å². The standard InChI is InChI=1S/C19H23N7O/c20-19-23-17(13-18(24-19)26-8-4-7-21-26)22-16(15-5-2-1-3-6-15)14-25-9-11-27-12-10-25/h1-8,13,16H,9-12,14H2,(H3,20,22,23,24)/t16-/m0/s1. The highest BCUT2D eigenvalue weighted by molar-refractivity contribution is 5.47. The molecule has 8 heteroatoms. The first-order chi connectivity index (χ1) is 13.3. The molecule has 0 aliphatic carbocycles. The Labute approximate surface area is 158 Å². The molecular weight excluding hydrogens is 342 g/mol. The van der Waals surface area contributed by atoms with Crippen molar-refractivity contribution < 1.29 is 4.74 Å². The number of benzene rings is 1. The number of nitrogens with one attached hydrogen (secondary N) is 1. The monoisotopic (exact) mass is 365 g/mol. The molecule has 0 radical (unpaired) electrons. The van der Waals surface area contributed by atoms with E-state index in [1.165, 1.54) is 5.56 Å². The van der Waals surface area contributed by atoms with Crippen molar-refractivity contribution in [1.29, 1.82) is 0 Å². The van der Waals surface area contributed by atoms with Crippen molar-refractivity contribution in [1.82, 2.24) is 24.6 Å². The summed E-state index contributed by atoms with van der Waals surface area (Å²) < 4.78 is 7.14. The van der Waals surface area contributed by atoms with Crippen LogP contribution in [0.2, 0.25) is 0 Å². The first-order valence-corrected chi connectivity index (χ1v) is 9.04. The molecule has 0 amide bonds. The summed E-state index contributed by atoms with van der Waals surface area (Å²) in [5.41, 5.74) is 7.13. The van der Waals surface area contributed by atoms with Crippen molar-refractivity contribution in [3.8, 4) is 5.82 Å². The summed E-state index contributed by atoms with van der Waals surface area (Å²) in [5, 5.41) is 7.75. The van der Waals surface area contributed by atoms with Gasteiger partial charge in [0.05, 0.1) is 19.3 Å². The van der Waals surface area contributed by atoms with Gasteiger partial charge < -0.3 is 15.8 Å². The highest BCUT2D eigenvalue weighted by atomic mass is 16.5. The highest BCUT2D eigenvalue weighted by Crippen LogP contribution is 2.22. The number of nitrogens with two attached hydrogens (primary N) is 1. The first-order valence-electron chi connectivity index (χ1n) is 9.04. The molecule has 140 valence electrons. The molecule has 1 atom stereocenters. The molecule has 0 saturated carbocycles. The van der Waals surface area contributed by atoms with Gasteiger partial charge in [-0.25, -0.2) is 4.68 Å². The van der Waals surface area contributed by atoms with Crippen LogP contribution in [-0.4, -0.2) is 57.5 Å². The van der Waals surface area contributed by atoms with Crippen LogP contribution >= 0.6 is 0 Å². The molecule has 3 N–H and O–H groups in total. The lowest BCUT2D eigenvalue weighted by molar-refractivity contribution is 0.0360. The van der Waals surface area contributed by atoms with E-state index >= 15 is 0 Å². The van der Waals surface area contributed by atoms with Crippen LogP contribution in [0.15, 0.2) is 54.9 Å². The molecular formula is C19H23N7O. The zero-order chi connectivity index (χ0) is 18.5. The number of nitrogens with zero attached hydrogens (tertiary/aromatic N) is 5. The van der Waals surface area contributed by atoms with Crippen LogP contribution in [0.4, 0.5) is 11.8 Å². The van der Waals surface area contributed by atoms with E-state index in [1.807, 2.05) is 36.5 Å². The Morgan fingerprint density at radius 2 is 1.93 bits per heavy atom. The molecule has 2 aromatic heterocycles. The summed E-state index contributed by atoms with van der Waals surface area (Å²) >= 11 is 0. The average Bonchev–Trinajstić information content (AvgIpc) is 3.24. The van der Waals surface area contributed by atoms with E-state index in [1.54, 1.807) is 10.9 Å². The van der Waals surface area contributed by atoms with Crippen LogP contribution in [-0.2, 0) is 4.74 Å². The molecule has 3 heterocycles. The number of ether oxygens (including phenoxy) is 1. The van der Waals surface area contributed by atoms with Crippen molar-refractivity contribution in [2.45, 2.75) is 6.04 Å². The van der Waals surface area contributed by atoms with Gasteiger partial charge in [-0.1, -0.05) is 30.3 Å². The molecule has 1 aliphatic rings. The second kappa shape index (κ2) is 8.15. The van der Waals surface area contributed by atoms with Gasteiger partial charge in [0.2, 0.25) is 5.95 Å². The molecule has 3 aromatic rings. The number of hydrogen-bond acceptors (Lipinski definition) is 7. The molecule has 0 bridgehead atoms. The molecule has 4 rings (SSSR count). The fraction of sp³-hybridized carbons (Fsp3) is 0.316. The zero-order valence-electron chi connectivity index (χ0n) is 15.0. The molecule has 1 aromatic carbocycles. The Morgan fingerprint density at radius 1 is 1.11 bits per heavy atom. The molecule has 1 fully saturated rings. The van der Waals surface area contributed by atoms with Crippen LogP contribution in [0.1, 0.15) is 11.6 Å². The zero-order valence-corrected chi connectivity index (χ0v) is 15.0. The highest BCUT2D eigenvalue weighted by Gasteiger charge is 2.19. The molecule has 0 spiro atoms. The van der Waals surface area contributed by atoms with Gasteiger partial charge in [-0.2, -0.15) is 15.1 Å². The Morgan fingerprint density at radius 3 is 2.67 bits per heavy atom. The number of rotatable bonds is 6. The predicted molar refractivity (Wildman–Crippen MR) is 104 cm³/mol. The van der Waals surface area contributed by atoms with E-state index < -0.39 is 0 Å². The van der Waals surface area contributed by atoms with Crippen LogP contribution < -0.4 is 11.1 Å². The second-order valence-corrected chi connectivity index (χ2v) is 6.44. The summed E-state index contributed by atoms with van der Waals surface area (Å²) in [6.45, 7) is 4.25. The van der Waals surface area contributed by atoms with Crippen molar-refractivity contribution in [3.63, 3.8) is 0 Å². The summed E-state index contributed by atoms with van der Waals surface area (Å²) in [7, 11) is 0. The number of hydrogen-bond donors (Lipinski definition) is 2. The van der Waals surface area contributed by atoms with E-state index in [0.717, 1.165) is 32.8 Å². The third kappa shape index (κ3) is 4.42. The molecule has 0 unspecified atom stereocenters. The van der Waals surface area contributed by atoms with Gasteiger partial charge in [-0.3, -0.25) is 4.90 Å². The topological polar surface area (TPSA) is 94.1 Å². The SMILES string of the molecule is Nc1nc(N[C@@H](CN2CCOCC2)c2ccccc2)cc(-n2cccn2)n1. The van der Waals surface area contributed by atoms with Crippen molar-refractivity contribution in [2.24, 2.45) is 0 Å². The lowest BCUT2D eigenvalue weighted by Gasteiger charge is -2.31. The number of nitrogen functional groups attached to an aromatic ring is 1. The van der Waals surface area contributed by atoms with E-state index in [9.17, 15) is 0 Å². The fourth-order valence-corrected chi connectivity index (χ4v) is 3.19. The lowest BCUT2D eigenvalue weighted by atomic mass is 10.1. The maximum absolute atomic E-state index is 5.93. The van der Waals surface area contributed by atoms with Crippen molar-refractivity contribution in [3.05, 3.63) is 60.4 Å². The minimum absolute atomic E-state index is 0.0732. The van der Waals surface area contributed by atoms with Crippen LogP contribution in [0.5, 0.6) is 0 Å². The summed E-state index contributed by atoms with van der Waals surface area (Å²) in [6.07, 6.45) is 3.53. The summed E-state index contributed by atoms with van der Waals surface area (Å²) in [6, 6.07) is 14.1. The second-order valence-electron chi connectivity index (χ2n) is 6.44. The number of anilines is 2. The third-order valence-electron chi connectivity index (χ3n) is 4.54. The molecule has 27 heavy (non-hydrogen) atoms. The Hall–Kier alpha value is -2.97. The van der Waals surface area contributed by atoms with Gasteiger partial charge in [0.15, 0.2) is 5.82 Å². The third-order valence-corrected chi connectivity index (χ3v) is 4.54. The molecule has 1 aliphatic heterocycles. The maximum atomic E-state index is 5.93. The van der Waals surface area contributed by atoms with Crippen LogP contribution in [0, 0.1) is 0 Å². The average molecular weight is 365 g/mol. The minimum atomic E-state index is 0.0732. The van der Waals surface area contributed by atoms with Gasteiger partial charge in [0, 0.05) is 38.1 Å². The van der Waals surface area contributed by atoms with Crippen LogP contribution in [0.25, 0.3) is 5.82 Å². The molecule has 8 nitrogen and oxygen atoms in total. The van der Waals surface area contributed by atoms with E-state index in [2.05, 4.69) is 37.4 Å². The van der Waals surface area contributed by atoms with Gasteiger partial charge >= 0.3 is 0 Å². The van der Waals surface area contributed by atoms with Gasteiger partial charge in [0.1, 0.15) is 5.82 Å². The normalized spacial score (nSPS) is 16.1. The fourth-order valence-electron chi connectivity index (χ4n) is 3.19. The van der Waals surface area contributed by atoms with E-state index in [4.69, 9.17) is 10.5 Å². The van der Waals surface area contributed by atoms with E-state index in [0.29, 0.717) is 11.6 Å². The predicted octanol–water partition coefficient (Wildman–Crippen LogP) is 1.73.